The first kappa shape index (κ1) is 17.3. The number of nitrogens with one attached hydrogen (secondary N) is 2. The van der Waals surface area contributed by atoms with Crippen LogP contribution in [0.5, 0.6) is 0 Å². The summed E-state index contributed by atoms with van der Waals surface area (Å²) in [5, 5.41) is 9.47. The van der Waals surface area contributed by atoms with Crippen molar-refractivity contribution in [2.45, 2.75) is 32.7 Å². The largest absolute Gasteiger partial charge is 0.355 e. The molecule has 1 heterocycles. The molecular formula is C15H18F2N4OS. The Balaban J connectivity index is 1.92. The van der Waals surface area contributed by atoms with Gasteiger partial charge in [-0.05, 0) is 38.2 Å². The number of aromatic nitrogens is 3. The van der Waals surface area contributed by atoms with Crippen molar-refractivity contribution >= 4 is 18.1 Å². The highest BCUT2D eigenvalue weighted by Gasteiger charge is 2.13. The Morgan fingerprint density at radius 1 is 1.39 bits per heavy atom. The van der Waals surface area contributed by atoms with Gasteiger partial charge in [0, 0.05) is 24.6 Å². The minimum absolute atomic E-state index is 0.152. The van der Waals surface area contributed by atoms with E-state index < -0.39 is 17.5 Å². The van der Waals surface area contributed by atoms with E-state index in [0.29, 0.717) is 17.7 Å². The normalized spacial score (nSPS) is 11.0. The smallest absolute Gasteiger partial charge is 0.224 e. The summed E-state index contributed by atoms with van der Waals surface area (Å²) in [7, 11) is 0. The number of hydrogen-bond donors (Lipinski definition) is 2. The van der Waals surface area contributed by atoms with Crippen LogP contribution in [0.4, 0.5) is 8.78 Å². The molecule has 2 N–H and O–H groups in total. The summed E-state index contributed by atoms with van der Waals surface area (Å²) in [6.07, 6.45) is 0.131. The van der Waals surface area contributed by atoms with Gasteiger partial charge in [0.25, 0.3) is 0 Å². The number of amides is 1. The topological polar surface area (TPSA) is 62.7 Å². The standard InChI is InChI=1S/C15H18F2N4OS/c1-9(2)21-13(19-20-15(21)23)6-7-18-14(22)8-10-11(16)4-3-5-12(10)17/h3-5,9H,6-8H2,1-2H3,(H,18,22)(H,20,23). The molecule has 0 atom stereocenters. The molecule has 0 radical (unpaired) electrons. The van der Waals surface area contributed by atoms with E-state index in [1.165, 1.54) is 6.07 Å². The highest BCUT2D eigenvalue weighted by atomic mass is 32.1. The minimum atomic E-state index is -0.721. The summed E-state index contributed by atoms with van der Waals surface area (Å²) in [6.45, 7) is 4.27. The lowest BCUT2D eigenvalue weighted by Crippen LogP contribution is -2.28. The highest BCUT2D eigenvalue weighted by molar-refractivity contribution is 7.71. The SMILES string of the molecule is CC(C)n1c(CCNC(=O)Cc2c(F)cccc2F)n[nH]c1=S. The number of carbonyl (C=O) groups is 1. The molecule has 0 aliphatic rings. The van der Waals surface area contributed by atoms with Gasteiger partial charge in [0.05, 0.1) is 6.42 Å². The molecule has 0 saturated heterocycles. The van der Waals surface area contributed by atoms with Crippen LogP contribution in [0, 0.1) is 16.4 Å². The number of benzene rings is 1. The van der Waals surface area contributed by atoms with E-state index in [4.69, 9.17) is 12.2 Å². The quantitative estimate of drug-likeness (QED) is 0.795. The van der Waals surface area contributed by atoms with Gasteiger partial charge >= 0.3 is 0 Å². The number of hydrogen-bond acceptors (Lipinski definition) is 3. The van der Waals surface area contributed by atoms with Crippen LogP contribution in [0.15, 0.2) is 18.2 Å². The Bertz CT molecular complexity index is 734. The fourth-order valence-corrected chi connectivity index (χ4v) is 2.65. The van der Waals surface area contributed by atoms with E-state index in [1.54, 1.807) is 0 Å². The molecule has 124 valence electrons. The van der Waals surface area contributed by atoms with Crippen molar-refractivity contribution in [1.29, 1.82) is 0 Å². The van der Waals surface area contributed by atoms with Gasteiger partial charge in [0.15, 0.2) is 4.77 Å². The van der Waals surface area contributed by atoms with Crippen molar-refractivity contribution < 1.29 is 13.6 Å². The van der Waals surface area contributed by atoms with Gasteiger partial charge < -0.3 is 9.88 Å². The van der Waals surface area contributed by atoms with Crippen molar-refractivity contribution in [1.82, 2.24) is 20.1 Å². The Morgan fingerprint density at radius 2 is 2.04 bits per heavy atom. The molecule has 2 aromatic rings. The van der Waals surface area contributed by atoms with E-state index in [0.717, 1.165) is 18.0 Å². The fraction of sp³-hybridized carbons (Fsp3) is 0.400. The van der Waals surface area contributed by atoms with Gasteiger partial charge in [-0.25, -0.2) is 8.78 Å². The molecule has 0 bridgehead atoms. The van der Waals surface area contributed by atoms with Crippen LogP contribution in [-0.4, -0.2) is 27.2 Å². The van der Waals surface area contributed by atoms with Gasteiger partial charge in [0.1, 0.15) is 17.5 Å². The van der Waals surface area contributed by atoms with Crippen molar-refractivity contribution in [2.75, 3.05) is 6.54 Å². The molecular weight excluding hydrogens is 322 g/mol. The predicted molar refractivity (Wildman–Crippen MR) is 84.6 cm³/mol. The minimum Gasteiger partial charge on any atom is -0.355 e. The zero-order valence-electron chi connectivity index (χ0n) is 12.9. The van der Waals surface area contributed by atoms with Crippen LogP contribution in [0.3, 0.4) is 0 Å². The van der Waals surface area contributed by atoms with E-state index >= 15 is 0 Å². The zero-order valence-corrected chi connectivity index (χ0v) is 13.7. The van der Waals surface area contributed by atoms with Crippen LogP contribution in [0.25, 0.3) is 0 Å². The second kappa shape index (κ2) is 7.45. The Labute approximate surface area is 137 Å². The van der Waals surface area contributed by atoms with Gasteiger partial charge in [-0.1, -0.05) is 6.07 Å². The number of carbonyl (C=O) groups excluding carboxylic acids is 1. The Hall–Kier alpha value is -2.09. The van der Waals surface area contributed by atoms with Crippen molar-refractivity contribution in [3.05, 3.63) is 46.0 Å². The molecule has 0 fully saturated rings. The first-order valence-electron chi connectivity index (χ1n) is 7.25. The van der Waals surface area contributed by atoms with E-state index in [1.807, 2.05) is 18.4 Å². The molecule has 1 aromatic heterocycles. The van der Waals surface area contributed by atoms with Crippen LogP contribution in [0.2, 0.25) is 0 Å². The van der Waals surface area contributed by atoms with Gasteiger partial charge in [-0.3, -0.25) is 9.89 Å². The lowest BCUT2D eigenvalue weighted by Gasteiger charge is -2.11. The summed E-state index contributed by atoms with van der Waals surface area (Å²) in [4.78, 5) is 11.8. The first-order chi connectivity index (χ1) is 10.9. The molecule has 8 heteroatoms. The lowest BCUT2D eigenvalue weighted by atomic mass is 10.1. The first-order valence-corrected chi connectivity index (χ1v) is 7.66. The van der Waals surface area contributed by atoms with Crippen LogP contribution in [0.1, 0.15) is 31.3 Å². The van der Waals surface area contributed by atoms with Crippen LogP contribution >= 0.6 is 12.2 Å². The van der Waals surface area contributed by atoms with Gasteiger partial charge in [-0.15, -0.1) is 0 Å². The lowest BCUT2D eigenvalue weighted by molar-refractivity contribution is -0.120. The molecule has 2 rings (SSSR count). The van der Waals surface area contributed by atoms with Crippen molar-refractivity contribution in [3.8, 4) is 0 Å². The van der Waals surface area contributed by atoms with Gasteiger partial charge in [0.2, 0.25) is 5.91 Å². The average molecular weight is 340 g/mol. The summed E-state index contributed by atoms with van der Waals surface area (Å²) in [5.74, 6) is -1.16. The van der Waals surface area contributed by atoms with Crippen molar-refractivity contribution in [2.24, 2.45) is 0 Å². The maximum Gasteiger partial charge on any atom is 0.224 e. The third-order valence-electron chi connectivity index (χ3n) is 3.36. The second-order valence-electron chi connectivity index (χ2n) is 5.39. The average Bonchev–Trinajstić information content (AvgIpc) is 2.84. The van der Waals surface area contributed by atoms with E-state index in [9.17, 15) is 13.6 Å². The highest BCUT2D eigenvalue weighted by Crippen LogP contribution is 2.12. The zero-order chi connectivity index (χ0) is 17.0. The van der Waals surface area contributed by atoms with Crippen molar-refractivity contribution in [3.63, 3.8) is 0 Å². The molecule has 23 heavy (non-hydrogen) atoms. The Morgan fingerprint density at radius 3 is 2.65 bits per heavy atom. The molecule has 5 nitrogen and oxygen atoms in total. The molecule has 1 aromatic carbocycles. The summed E-state index contributed by atoms with van der Waals surface area (Å²) >= 11 is 5.14. The monoisotopic (exact) mass is 340 g/mol. The van der Waals surface area contributed by atoms with E-state index in [2.05, 4.69) is 15.5 Å². The number of halogens is 2. The fourth-order valence-electron chi connectivity index (χ4n) is 2.28. The van der Waals surface area contributed by atoms with E-state index in [-0.39, 0.29) is 18.0 Å². The summed E-state index contributed by atoms with van der Waals surface area (Å²) in [5.41, 5.74) is -0.227. The number of rotatable bonds is 6. The number of H-pyrrole nitrogens is 1. The summed E-state index contributed by atoms with van der Waals surface area (Å²) < 4.78 is 29.4. The van der Waals surface area contributed by atoms with Crippen LogP contribution < -0.4 is 5.32 Å². The molecule has 0 aliphatic heterocycles. The summed E-state index contributed by atoms with van der Waals surface area (Å²) in [6, 6.07) is 3.68. The van der Waals surface area contributed by atoms with Crippen LogP contribution in [-0.2, 0) is 17.6 Å². The third-order valence-corrected chi connectivity index (χ3v) is 3.65. The number of nitrogens with zero attached hydrogens (tertiary/aromatic N) is 2. The predicted octanol–water partition coefficient (Wildman–Crippen LogP) is 2.70. The molecule has 0 saturated carbocycles. The van der Waals surface area contributed by atoms with Gasteiger partial charge in [-0.2, -0.15) is 5.10 Å². The molecule has 0 unspecified atom stereocenters. The molecule has 0 aliphatic carbocycles. The maximum absolute atomic E-state index is 13.5. The maximum atomic E-state index is 13.5. The third kappa shape index (κ3) is 4.22. The number of aromatic amines is 1. The second-order valence-corrected chi connectivity index (χ2v) is 5.77. The Kier molecular flexibility index (Phi) is 5.59. The molecule has 0 spiro atoms. The molecule has 1 amide bonds.